The molecule has 2 aliphatic heterocycles. The van der Waals surface area contributed by atoms with Crippen molar-refractivity contribution in [3.05, 3.63) is 72.8 Å². The molecular weight excluding hydrogens is 286 g/mol. The Morgan fingerprint density at radius 3 is 1.92 bits per heavy atom. The van der Waals surface area contributed by atoms with E-state index in [1.54, 1.807) is 0 Å². The maximum Gasteiger partial charge on any atom is 0.192 e. The molecule has 0 nitrogen and oxygen atoms in total. The van der Waals surface area contributed by atoms with E-state index in [0.717, 1.165) is 0 Å². The molecule has 0 atom stereocenters. The summed E-state index contributed by atoms with van der Waals surface area (Å²) in [5.74, 6) is 0. The van der Waals surface area contributed by atoms with E-state index >= 15 is 0 Å². The molecule has 0 unspecified atom stereocenters. The lowest BCUT2D eigenvalue weighted by atomic mass is 9.57. The van der Waals surface area contributed by atoms with Crippen LogP contribution in [0.3, 0.4) is 0 Å². The zero-order valence-corrected chi connectivity index (χ0v) is 13.1. The zero-order valence-electron chi connectivity index (χ0n) is 13.1. The summed E-state index contributed by atoms with van der Waals surface area (Å²) >= 11 is 0. The van der Waals surface area contributed by atoms with Gasteiger partial charge in [-0.05, 0) is 39.1 Å². The standard InChI is InChI=1S/C22H12B2/c1-2-6-14-12-20-18(11-13(14)5-1)17-10-9-16-15-7-3-4-8-19(15)23-21(16)22(17)24-20/h1-12H. The van der Waals surface area contributed by atoms with Gasteiger partial charge in [0.1, 0.15) is 0 Å². The smallest absolute Gasteiger partial charge is 0.0788 e. The summed E-state index contributed by atoms with van der Waals surface area (Å²) in [6, 6.07) is 26.5. The lowest BCUT2D eigenvalue weighted by Crippen LogP contribution is -2.39. The lowest BCUT2D eigenvalue weighted by molar-refractivity contribution is 1.71. The van der Waals surface area contributed by atoms with Gasteiger partial charge in [0.25, 0.3) is 0 Å². The molecule has 2 heteroatoms. The molecule has 0 spiro atoms. The Balaban J connectivity index is 1.60. The fourth-order valence-corrected chi connectivity index (χ4v) is 4.21. The van der Waals surface area contributed by atoms with Crippen molar-refractivity contribution in [3.63, 3.8) is 0 Å². The van der Waals surface area contributed by atoms with Gasteiger partial charge in [0.05, 0.1) is 0 Å². The zero-order chi connectivity index (χ0) is 15.7. The Hall–Kier alpha value is -2.73. The molecule has 0 aromatic heterocycles. The van der Waals surface area contributed by atoms with Crippen molar-refractivity contribution in [1.29, 1.82) is 0 Å². The number of hydrogen-bond acceptors (Lipinski definition) is 0. The second kappa shape index (κ2) is 4.42. The van der Waals surface area contributed by atoms with E-state index in [4.69, 9.17) is 0 Å². The van der Waals surface area contributed by atoms with Gasteiger partial charge in [0.15, 0.2) is 14.6 Å². The normalized spacial score (nSPS) is 12.8. The van der Waals surface area contributed by atoms with Gasteiger partial charge in [0.2, 0.25) is 0 Å². The summed E-state index contributed by atoms with van der Waals surface area (Å²) in [5, 5.41) is 2.62. The van der Waals surface area contributed by atoms with Crippen LogP contribution in [0.25, 0.3) is 33.0 Å². The maximum atomic E-state index is 2.36. The average molecular weight is 298 g/mol. The van der Waals surface area contributed by atoms with Gasteiger partial charge < -0.3 is 0 Å². The summed E-state index contributed by atoms with van der Waals surface area (Å²) in [6.45, 7) is 0. The predicted molar refractivity (Wildman–Crippen MR) is 105 cm³/mol. The molecule has 2 heterocycles. The molecule has 2 aliphatic rings. The van der Waals surface area contributed by atoms with E-state index in [2.05, 4.69) is 87.4 Å². The highest BCUT2D eigenvalue weighted by atomic mass is 14.2. The molecule has 106 valence electrons. The molecule has 0 N–H and O–H groups in total. The van der Waals surface area contributed by atoms with Crippen LogP contribution in [-0.4, -0.2) is 14.6 Å². The number of hydrogen-bond donors (Lipinski definition) is 0. The van der Waals surface area contributed by atoms with Crippen molar-refractivity contribution < 1.29 is 0 Å². The first-order valence-corrected chi connectivity index (χ1v) is 8.37. The molecule has 24 heavy (non-hydrogen) atoms. The molecule has 0 aliphatic carbocycles. The summed E-state index contributed by atoms with van der Waals surface area (Å²) < 4.78 is 0. The van der Waals surface area contributed by atoms with Gasteiger partial charge in [-0.15, -0.1) is 0 Å². The fourth-order valence-electron chi connectivity index (χ4n) is 4.21. The van der Waals surface area contributed by atoms with Gasteiger partial charge in [-0.25, -0.2) is 0 Å². The van der Waals surface area contributed by atoms with E-state index < -0.39 is 0 Å². The van der Waals surface area contributed by atoms with E-state index in [-0.39, 0.29) is 0 Å². The molecule has 2 radical (unpaired) electrons. The second-order valence-electron chi connectivity index (χ2n) is 6.65. The highest BCUT2D eigenvalue weighted by Crippen LogP contribution is 2.28. The molecule has 0 saturated heterocycles. The van der Waals surface area contributed by atoms with Crippen LogP contribution < -0.4 is 21.9 Å². The first-order valence-electron chi connectivity index (χ1n) is 8.37. The molecule has 4 aromatic rings. The van der Waals surface area contributed by atoms with Crippen molar-refractivity contribution in [1.82, 2.24) is 0 Å². The summed E-state index contributed by atoms with van der Waals surface area (Å²) in [6.07, 6.45) is 0. The van der Waals surface area contributed by atoms with Crippen LogP contribution in [0.5, 0.6) is 0 Å². The Bertz CT molecular complexity index is 1160. The quantitative estimate of drug-likeness (QED) is 0.377. The van der Waals surface area contributed by atoms with Gasteiger partial charge in [-0.3, -0.25) is 0 Å². The Kier molecular flexibility index (Phi) is 2.33. The van der Waals surface area contributed by atoms with E-state index in [1.165, 1.54) is 54.9 Å². The number of benzene rings is 4. The van der Waals surface area contributed by atoms with E-state index in [1.807, 2.05) is 0 Å². The van der Waals surface area contributed by atoms with Crippen LogP contribution in [0.2, 0.25) is 0 Å². The van der Waals surface area contributed by atoms with Gasteiger partial charge >= 0.3 is 0 Å². The van der Waals surface area contributed by atoms with Crippen molar-refractivity contribution >= 4 is 47.2 Å². The minimum absolute atomic E-state index is 1.31. The topological polar surface area (TPSA) is 0 Å². The minimum atomic E-state index is 1.31. The minimum Gasteiger partial charge on any atom is -0.0788 e. The largest absolute Gasteiger partial charge is 0.192 e. The van der Waals surface area contributed by atoms with Crippen molar-refractivity contribution in [2.24, 2.45) is 0 Å². The lowest BCUT2D eigenvalue weighted by Gasteiger charge is -2.09. The number of fused-ring (bicyclic) bond motifs is 8. The third-order valence-electron chi connectivity index (χ3n) is 5.35. The maximum absolute atomic E-state index is 2.36. The summed E-state index contributed by atoms with van der Waals surface area (Å²) in [5.41, 5.74) is 10.8. The van der Waals surface area contributed by atoms with Crippen LogP contribution in [0.15, 0.2) is 72.8 Å². The van der Waals surface area contributed by atoms with E-state index in [9.17, 15) is 0 Å². The Labute approximate surface area is 142 Å². The second-order valence-corrected chi connectivity index (χ2v) is 6.65. The Morgan fingerprint density at radius 1 is 0.458 bits per heavy atom. The van der Waals surface area contributed by atoms with Crippen LogP contribution in [0, 0.1) is 0 Å². The first kappa shape index (κ1) is 12.7. The van der Waals surface area contributed by atoms with Crippen LogP contribution in [-0.2, 0) is 0 Å². The highest BCUT2D eigenvalue weighted by molar-refractivity contribution is 6.84. The van der Waals surface area contributed by atoms with Gasteiger partial charge in [-0.2, -0.15) is 0 Å². The number of rotatable bonds is 0. The molecule has 0 fully saturated rings. The molecular formula is C22H12B2. The van der Waals surface area contributed by atoms with Crippen molar-refractivity contribution in [2.45, 2.75) is 0 Å². The van der Waals surface area contributed by atoms with Crippen LogP contribution in [0.1, 0.15) is 0 Å². The summed E-state index contributed by atoms with van der Waals surface area (Å²) in [7, 11) is 4.70. The Morgan fingerprint density at radius 2 is 1.08 bits per heavy atom. The fraction of sp³-hybridized carbons (Fsp3) is 0. The predicted octanol–water partition coefficient (Wildman–Crippen LogP) is 2.11. The molecule has 0 saturated carbocycles. The monoisotopic (exact) mass is 298 g/mol. The van der Waals surface area contributed by atoms with Gasteiger partial charge in [0, 0.05) is 0 Å². The highest BCUT2D eigenvalue weighted by Gasteiger charge is 2.28. The molecule has 4 aromatic carbocycles. The average Bonchev–Trinajstić information content (AvgIpc) is 3.17. The molecule has 0 bridgehead atoms. The van der Waals surface area contributed by atoms with Gasteiger partial charge in [-0.1, -0.05) is 88.6 Å². The van der Waals surface area contributed by atoms with Crippen LogP contribution in [0.4, 0.5) is 0 Å². The third kappa shape index (κ3) is 1.56. The van der Waals surface area contributed by atoms with Crippen LogP contribution >= 0.6 is 0 Å². The van der Waals surface area contributed by atoms with Crippen molar-refractivity contribution in [3.8, 4) is 22.3 Å². The van der Waals surface area contributed by atoms with Crippen molar-refractivity contribution in [2.75, 3.05) is 0 Å². The molecule has 0 amide bonds. The summed E-state index contributed by atoms with van der Waals surface area (Å²) in [4.78, 5) is 0. The molecule has 6 rings (SSSR count). The van der Waals surface area contributed by atoms with E-state index in [0.29, 0.717) is 0 Å². The third-order valence-corrected chi connectivity index (χ3v) is 5.35. The SMILES string of the molecule is [B]1c2ccccc2-c2ccc3c(c21)[B]c1cc2ccccc2cc1-3. The first-order chi connectivity index (χ1) is 11.9.